The first-order valence-corrected chi connectivity index (χ1v) is 9.29. The second-order valence-corrected chi connectivity index (χ2v) is 7.02. The molecule has 0 bridgehead atoms. The van der Waals surface area contributed by atoms with Gasteiger partial charge in [-0.2, -0.15) is 18.3 Å². The summed E-state index contributed by atoms with van der Waals surface area (Å²) in [5.74, 6) is 0. The van der Waals surface area contributed by atoms with Crippen LogP contribution in [0.15, 0.2) is 73.1 Å². The average molecular weight is 404 g/mol. The molecule has 2 aromatic carbocycles. The lowest BCUT2D eigenvalue weighted by Gasteiger charge is -2.08. The second-order valence-electron chi connectivity index (χ2n) is 7.02. The number of aryl methyl sites for hydroxylation is 1. The van der Waals surface area contributed by atoms with Crippen molar-refractivity contribution in [2.24, 2.45) is 0 Å². The largest absolute Gasteiger partial charge is 0.435 e. The van der Waals surface area contributed by atoms with Crippen molar-refractivity contribution in [3.63, 3.8) is 0 Å². The van der Waals surface area contributed by atoms with Crippen LogP contribution in [0.2, 0.25) is 0 Å². The minimum atomic E-state index is -4.63. The monoisotopic (exact) mass is 404 g/mol. The van der Waals surface area contributed by atoms with Crippen LogP contribution in [0.5, 0.6) is 0 Å². The van der Waals surface area contributed by atoms with E-state index in [1.807, 2.05) is 49.4 Å². The highest BCUT2D eigenvalue weighted by Gasteiger charge is 2.38. The molecule has 0 aliphatic carbocycles. The van der Waals surface area contributed by atoms with Crippen molar-refractivity contribution in [2.75, 3.05) is 0 Å². The predicted octanol–water partition coefficient (Wildman–Crippen LogP) is 5.96. The molecule has 5 rings (SSSR count). The van der Waals surface area contributed by atoms with Gasteiger partial charge in [-0.15, -0.1) is 0 Å². The topological polar surface area (TPSA) is 43.6 Å². The van der Waals surface area contributed by atoms with Crippen LogP contribution in [-0.4, -0.2) is 19.7 Å². The highest BCUT2D eigenvalue weighted by Crippen LogP contribution is 2.39. The van der Waals surface area contributed by atoms with Gasteiger partial charge in [0.15, 0.2) is 11.3 Å². The van der Waals surface area contributed by atoms with Gasteiger partial charge in [0.2, 0.25) is 0 Å². The summed E-state index contributed by atoms with van der Waals surface area (Å²) < 4.78 is 43.2. The number of hydrogen-bond acceptors (Lipinski definition) is 3. The van der Waals surface area contributed by atoms with Gasteiger partial charge in [-0.05, 0) is 42.3 Å². The molecule has 0 saturated heterocycles. The molecule has 0 N–H and O–H groups in total. The van der Waals surface area contributed by atoms with Gasteiger partial charge in [-0.25, -0.2) is 9.67 Å². The molecule has 0 fully saturated rings. The Morgan fingerprint density at radius 2 is 1.67 bits per heavy atom. The van der Waals surface area contributed by atoms with Gasteiger partial charge in [0.1, 0.15) is 0 Å². The summed E-state index contributed by atoms with van der Waals surface area (Å²) in [7, 11) is 0. The van der Waals surface area contributed by atoms with Crippen molar-refractivity contribution in [3.05, 3.63) is 84.3 Å². The summed E-state index contributed by atoms with van der Waals surface area (Å²) in [6.45, 7) is 1.83. The van der Waals surface area contributed by atoms with Crippen LogP contribution in [0, 0.1) is 6.92 Å². The Labute approximate surface area is 169 Å². The Kier molecular flexibility index (Phi) is 4.06. The summed E-state index contributed by atoms with van der Waals surface area (Å²) in [5, 5.41) is 4.76. The van der Waals surface area contributed by atoms with E-state index >= 15 is 0 Å². The molecule has 3 heterocycles. The normalized spacial score (nSPS) is 12.0. The first-order valence-electron chi connectivity index (χ1n) is 9.29. The van der Waals surface area contributed by atoms with Gasteiger partial charge in [0.05, 0.1) is 16.6 Å². The first kappa shape index (κ1) is 18.3. The average Bonchev–Trinajstić information content (AvgIpc) is 3.14. The Morgan fingerprint density at radius 1 is 0.900 bits per heavy atom. The number of rotatable bonds is 2. The van der Waals surface area contributed by atoms with Gasteiger partial charge < -0.3 is 0 Å². The molecule has 4 nitrogen and oxygen atoms in total. The number of fused-ring (bicyclic) bond motifs is 2. The lowest BCUT2D eigenvalue weighted by molar-refractivity contribution is -0.140. The summed E-state index contributed by atoms with van der Waals surface area (Å²) in [4.78, 5) is 8.67. The number of halogens is 3. The maximum Gasteiger partial charge on any atom is 0.435 e. The quantitative estimate of drug-likeness (QED) is 0.364. The highest BCUT2D eigenvalue weighted by atomic mass is 19.4. The lowest BCUT2D eigenvalue weighted by atomic mass is 10.0. The van der Waals surface area contributed by atoms with Crippen molar-refractivity contribution in [1.29, 1.82) is 0 Å². The molecular weight excluding hydrogens is 389 g/mol. The van der Waals surface area contributed by atoms with E-state index in [0.29, 0.717) is 16.8 Å². The van der Waals surface area contributed by atoms with E-state index in [-0.39, 0.29) is 11.0 Å². The van der Waals surface area contributed by atoms with Crippen molar-refractivity contribution in [2.45, 2.75) is 13.1 Å². The molecule has 0 atom stereocenters. The van der Waals surface area contributed by atoms with Crippen LogP contribution >= 0.6 is 0 Å². The zero-order valence-electron chi connectivity index (χ0n) is 15.9. The number of benzene rings is 2. The third kappa shape index (κ3) is 2.90. The first-order chi connectivity index (χ1) is 14.4. The van der Waals surface area contributed by atoms with Crippen LogP contribution in [0.1, 0.15) is 11.3 Å². The van der Waals surface area contributed by atoms with Gasteiger partial charge in [0, 0.05) is 23.3 Å². The maximum absolute atomic E-state index is 14.0. The predicted molar refractivity (Wildman–Crippen MR) is 109 cm³/mol. The van der Waals surface area contributed by atoms with Crippen LogP contribution in [0.4, 0.5) is 13.2 Å². The molecular formula is C23H15F3N4. The Morgan fingerprint density at radius 3 is 2.47 bits per heavy atom. The van der Waals surface area contributed by atoms with E-state index in [9.17, 15) is 13.2 Å². The highest BCUT2D eigenvalue weighted by molar-refractivity contribution is 5.97. The summed E-state index contributed by atoms with van der Waals surface area (Å²) in [6.07, 6.45) is -1.54. The van der Waals surface area contributed by atoms with Crippen LogP contribution < -0.4 is 0 Å². The van der Waals surface area contributed by atoms with Gasteiger partial charge in [-0.1, -0.05) is 36.4 Å². The van der Waals surface area contributed by atoms with Gasteiger partial charge >= 0.3 is 6.18 Å². The van der Waals surface area contributed by atoms with E-state index in [2.05, 4.69) is 15.1 Å². The number of aromatic nitrogens is 4. The molecule has 0 spiro atoms. The standard InChI is InChI=1S/C23H15F3N4/c1-14-6-2-5-9-19(14)30-22-20(21(29-30)23(24,25)26)17(10-11-27-22)16-12-15-7-3-4-8-18(15)28-13-16/h2-13H,1H3. The van der Waals surface area contributed by atoms with Gasteiger partial charge in [0.25, 0.3) is 0 Å². The summed E-state index contributed by atoms with van der Waals surface area (Å²) in [6, 6.07) is 18.0. The Bertz CT molecular complexity index is 1400. The molecule has 148 valence electrons. The molecule has 30 heavy (non-hydrogen) atoms. The molecule has 0 aliphatic heterocycles. The maximum atomic E-state index is 14.0. The lowest BCUT2D eigenvalue weighted by Crippen LogP contribution is -2.08. The molecule has 5 aromatic rings. The minimum Gasteiger partial charge on any atom is -0.256 e. The van der Waals surface area contributed by atoms with E-state index in [1.54, 1.807) is 24.4 Å². The fourth-order valence-corrected chi connectivity index (χ4v) is 3.67. The minimum absolute atomic E-state index is 0.0367. The number of alkyl halides is 3. The second kappa shape index (κ2) is 6.66. The van der Waals surface area contributed by atoms with Crippen LogP contribution in [0.3, 0.4) is 0 Å². The van der Waals surface area contributed by atoms with Gasteiger partial charge in [-0.3, -0.25) is 4.98 Å². The van der Waals surface area contributed by atoms with Crippen molar-refractivity contribution >= 4 is 21.9 Å². The molecule has 0 unspecified atom stereocenters. The fraction of sp³-hybridized carbons (Fsp3) is 0.0870. The van der Waals surface area contributed by atoms with Crippen molar-refractivity contribution < 1.29 is 13.2 Å². The number of nitrogens with zero attached hydrogens (tertiary/aromatic N) is 4. The zero-order chi connectivity index (χ0) is 20.9. The number of para-hydroxylation sites is 2. The van der Waals surface area contributed by atoms with Crippen LogP contribution in [0.25, 0.3) is 38.8 Å². The SMILES string of the molecule is Cc1ccccc1-n1nc(C(F)(F)F)c2c(-c3cnc4ccccc4c3)ccnc21. The summed E-state index contributed by atoms with van der Waals surface area (Å²) >= 11 is 0. The number of pyridine rings is 2. The Balaban J connectivity index is 1.84. The molecule has 7 heteroatoms. The third-order valence-corrected chi connectivity index (χ3v) is 5.08. The molecule has 0 radical (unpaired) electrons. The van der Waals surface area contributed by atoms with E-state index < -0.39 is 11.9 Å². The Hall–Kier alpha value is -3.74. The van der Waals surface area contributed by atoms with Crippen molar-refractivity contribution in [3.8, 4) is 16.8 Å². The van der Waals surface area contributed by atoms with Crippen LogP contribution in [-0.2, 0) is 6.18 Å². The zero-order valence-corrected chi connectivity index (χ0v) is 15.9. The van der Waals surface area contributed by atoms with Crippen molar-refractivity contribution in [1.82, 2.24) is 19.7 Å². The van der Waals surface area contributed by atoms with E-state index in [4.69, 9.17) is 0 Å². The molecule has 0 aliphatic rings. The summed E-state index contributed by atoms with van der Waals surface area (Å²) in [5.41, 5.74) is 2.30. The molecule has 0 amide bonds. The van der Waals surface area contributed by atoms with E-state index in [0.717, 1.165) is 16.5 Å². The smallest absolute Gasteiger partial charge is 0.256 e. The molecule has 3 aromatic heterocycles. The third-order valence-electron chi connectivity index (χ3n) is 5.08. The molecule has 0 saturated carbocycles. The number of hydrogen-bond donors (Lipinski definition) is 0. The fourth-order valence-electron chi connectivity index (χ4n) is 3.67. The van der Waals surface area contributed by atoms with E-state index in [1.165, 1.54) is 10.9 Å².